The zero-order valence-corrected chi connectivity index (χ0v) is 18.6. The van der Waals surface area contributed by atoms with Gasteiger partial charge in [0.1, 0.15) is 11.6 Å². The van der Waals surface area contributed by atoms with Crippen LogP contribution >= 0.6 is 12.2 Å². The van der Waals surface area contributed by atoms with E-state index in [0.717, 1.165) is 41.8 Å². The first-order chi connectivity index (χ1) is 15.2. The number of thiocarbonyl (C=S) groups is 1. The molecule has 3 aromatic rings. The summed E-state index contributed by atoms with van der Waals surface area (Å²) in [6, 6.07) is 5.38. The SMILES string of the molecule is Cc1noc(C)c1Cn1ccnc1C1CCN(C(=S)Nc2ccccc2C(F)(F)F)CC1. The zero-order chi connectivity index (χ0) is 22.9. The van der Waals surface area contributed by atoms with Gasteiger partial charge >= 0.3 is 6.18 Å². The van der Waals surface area contributed by atoms with Gasteiger partial charge in [-0.25, -0.2) is 4.98 Å². The number of aromatic nitrogens is 3. The highest BCUT2D eigenvalue weighted by molar-refractivity contribution is 7.80. The molecule has 1 aromatic carbocycles. The highest BCUT2D eigenvalue weighted by atomic mass is 32.1. The molecule has 1 saturated heterocycles. The summed E-state index contributed by atoms with van der Waals surface area (Å²) in [6.07, 6.45) is 0.918. The van der Waals surface area contributed by atoms with Gasteiger partial charge in [0.05, 0.1) is 23.5 Å². The molecule has 0 bridgehead atoms. The van der Waals surface area contributed by atoms with Crippen molar-refractivity contribution in [2.75, 3.05) is 18.4 Å². The van der Waals surface area contributed by atoms with Gasteiger partial charge in [-0.1, -0.05) is 17.3 Å². The fourth-order valence-corrected chi connectivity index (χ4v) is 4.38. The minimum absolute atomic E-state index is 0.0258. The molecular formula is C22H24F3N5OS. The number of imidazole rings is 1. The van der Waals surface area contributed by atoms with Crippen LogP contribution in [0.5, 0.6) is 0 Å². The molecule has 1 aliphatic heterocycles. The summed E-state index contributed by atoms with van der Waals surface area (Å²) < 4.78 is 47.1. The number of hydrogen-bond acceptors (Lipinski definition) is 4. The minimum Gasteiger partial charge on any atom is -0.361 e. The molecule has 10 heteroatoms. The fourth-order valence-electron chi connectivity index (χ4n) is 4.09. The second kappa shape index (κ2) is 8.93. The summed E-state index contributed by atoms with van der Waals surface area (Å²) in [4.78, 5) is 6.49. The first-order valence-corrected chi connectivity index (χ1v) is 10.8. The number of benzene rings is 1. The number of para-hydroxylation sites is 1. The molecule has 3 heterocycles. The van der Waals surface area contributed by atoms with Crippen LogP contribution in [0.15, 0.2) is 41.2 Å². The Labute approximate surface area is 189 Å². The van der Waals surface area contributed by atoms with Crippen LogP contribution in [0.25, 0.3) is 0 Å². The Balaban J connectivity index is 1.40. The highest BCUT2D eigenvalue weighted by Crippen LogP contribution is 2.35. The van der Waals surface area contributed by atoms with E-state index < -0.39 is 11.7 Å². The summed E-state index contributed by atoms with van der Waals surface area (Å²) in [6.45, 7) is 5.75. The Morgan fingerprint density at radius 3 is 2.59 bits per heavy atom. The normalized spacial score (nSPS) is 15.2. The average molecular weight is 464 g/mol. The maximum atomic E-state index is 13.3. The number of likely N-dealkylation sites (tertiary alicyclic amines) is 1. The Bertz CT molecular complexity index is 1080. The number of hydrogen-bond donors (Lipinski definition) is 1. The number of nitrogens with one attached hydrogen (secondary N) is 1. The monoisotopic (exact) mass is 463 g/mol. The number of nitrogens with zero attached hydrogens (tertiary/aromatic N) is 4. The van der Waals surface area contributed by atoms with Crippen LogP contribution in [0, 0.1) is 13.8 Å². The number of halogens is 3. The van der Waals surface area contributed by atoms with Gasteiger partial charge in [0.25, 0.3) is 0 Å². The first kappa shape index (κ1) is 22.3. The molecule has 0 radical (unpaired) electrons. The molecule has 170 valence electrons. The van der Waals surface area contributed by atoms with Gasteiger partial charge in [-0.2, -0.15) is 13.2 Å². The van der Waals surface area contributed by atoms with E-state index in [9.17, 15) is 13.2 Å². The van der Waals surface area contributed by atoms with E-state index in [0.29, 0.717) is 24.7 Å². The topological polar surface area (TPSA) is 59.1 Å². The van der Waals surface area contributed by atoms with Gasteiger partial charge in [-0.3, -0.25) is 0 Å². The van der Waals surface area contributed by atoms with Gasteiger partial charge in [0.15, 0.2) is 5.11 Å². The second-order valence-corrected chi connectivity index (χ2v) is 8.34. The predicted molar refractivity (Wildman–Crippen MR) is 119 cm³/mol. The quantitative estimate of drug-likeness (QED) is 0.542. The molecule has 2 aromatic heterocycles. The number of alkyl halides is 3. The minimum atomic E-state index is -4.44. The van der Waals surface area contributed by atoms with Crippen molar-refractivity contribution in [3.8, 4) is 0 Å². The Hall–Kier alpha value is -2.88. The molecule has 0 amide bonds. The molecule has 0 spiro atoms. The summed E-state index contributed by atoms with van der Waals surface area (Å²) in [5.41, 5.74) is 1.17. The number of rotatable bonds is 4. The predicted octanol–water partition coefficient (Wildman–Crippen LogP) is 5.13. The molecule has 4 rings (SSSR count). The van der Waals surface area contributed by atoms with Crippen molar-refractivity contribution >= 4 is 23.0 Å². The van der Waals surface area contributed by atoms with Crippen LogP contribution in [0.3, 0.4) is 0 Å². The zero-order valence-electron chi connectivity index (χ0n) is 17.8. The largest absolute Gasteiger partial charge is 0.418 e. The lowest BCUT2D eigenvalue weighted by Crippen LogP contribution is -2.41. The van der Waals surface area contributed by atoms with E-state index in [1.165, 1.54) is 12.1 Å². The summed E-state index contributed by atoms with van der Waals surface area (Å²) in [7, 11) is 0. The average Bonchev–Trinajstić information content (AvgIpc) is 3.35. The van der Waals surface area contributed by atoms with Gasteiger partial charge in [-0.15, -0.1) is 0 Å². The first-order valence-electron chi connectivity index (χ1n) is 10.4. The van der Waals surface area contributed by atoms with E-state index in [1.54, 1.807) is 12.3 Å². The van der Waals surface area contributed by atoms with E-state index in [1.807, 2.05) is 24.9 Å². The Kier molecular flexibility index (Phi) is 6.23. The van der Waals surface area contributed by atoms with E-state index in [4.69, 9.17) is 16.7 Å². The van der Waals surface area contributed by atoms with E-state index in [2.05, 4.69) is 20.0 Å². The summed E-state index contributed by atoms with van der Waals surface area (Å²) in [5.74, 6) is 2.03. The molecule has 0 atom stereocenters. The third-order valence-electron chi connectivity index (χ3n) is 5.88. The molecule has 1 N–H and O–H groups in total. The summed E-state index contributed by atoms with van der Waals surface area (Å²) >= 11 is 5.42. The van der Waals surface area contributed by atoms with Crippen LogP contribution in [0.4, 0.5) is 18.9 Å². The lowest BCUT2D eigenvalue weighted by molar-refractivity contribution is -0.136. The Morgan fingerprint density at radius 1 is 1.22 bits per heavy atom. The molecular weight excluding hydrogens is 439 g/mol. The van der Waals surface area contributed by atoms with Crippen molar-refractivity contribution in [2.45, 2.75) is 45.3 Å². The van der Waals surface area contributed by atoms with Gasteiger partial charge in [0, 0.05) is 37.0 Å². The van der Waals surface area contributed by atoms with Crippen molar-refractivity contribution in [2.24, 2.45) is 0 Å². The van der Waals surface area contributed by atoms with Crippen molar-refractivity contribution in [3.63, 3.8) is 0 Å². The molecule has 0 saturated carbocycles. The van der Waals surface area contributed by atoms with Crippen LogP contribution in [0.1, 0.15) is 47.2 Å². The highest BCUT2D eigenvalue weighted by Gasteiger charge is 2.34. The number of anilines is 1. The van der Waals surface area contributed by atoms with Crippen LogP contribution < -0.4 is 5.32 Å². The molecule has 6 nitrogen and oxygen atoms in total. The maximum absolute atomic E-state index is 13.3. The van der Waals surface area contributed by atoms with Gasteiger partial charge < -0.3 is 19.3 Å². The van der Waals surface area contributed by atoms with Crippen molar-refractivity contribution in [1.29, 1.82) is 0 Å². The number of piperidine rings is 1. The van der Waals surface area contributed by atoms with Gasteiger partial charge in [0.2, 0.25) is 0 Å². The smallest absolute Gasteiger partial charge is 0.361 e. The molecule has 1 aliphatic rings. The van der Waals surface area contributed by atoms with Crippen molar-refractivity contribution in [3.05, 3.63) is 65.1 Å². The standard InChI is InChI=1S/C22H24F3N5OS/c1-14-17(15(2)31-28-14)13-30-12-9-26-20(30)16-7-10-29(11-8-16)21(32)27-19-6-4-3-5-18(19)22(23,24)25/h3-6,9,12,16H,7-8,10-11,13H2,1-2H3,(H,27,32). The van der Waals surface area contributed by atoms with Crippen LogP contribution in [-0.2, 0) is 12.7 Å². The van der Waals surface area contributed by atoms with E-state index >= 15 is 0 Å². The lowest BCUT2D eigenvalue weighted by atomic mass is 9.96. The Morgan fingerprint density at radius 2 is 1.94 bits per heavy atom. The van der Waals surface area contributed by atoms with Crippen LogP contribution in [0.2, 0.25) is 0 Å². The third-order valence-corrected chi connectivity index (χ3v) is 6.24. The molecule has 1 fully saturated rings. The fraction of sp³-hybridized carbons (Fsp3) is 0.409. The number of aryl methyl sites for hydroxylation is 2. The third kappa shape index (κ3) is 4.64. The molecule has 0 aliphatic carbocycles. The van der Waals surface area contributed by atoms with Crippen molar-refractivity contribution in [1.82, 2.24) is 19.6 Å². The van der Waals surface area contributed by atoms with Gasteiger partial charge in [-0.05, 0) is 51.0 Å². The molecule has 32 heavy (non-hydrogen) atoms. The second-order valence-electron chi connectivity index (χ2n) is 7.95. The maximum Gasteiger partial charge on any atom is 0.418 e. The van der Waals surface area contributed by atoms with E-state index in [-0.39, 0.29) is 11.6 Å². The summed E-state index contributed by atoms with van der Waals surface area (Å²) in [5, 5.41) is 7.11. The van der Waals surface area contributed by atoms with Crippen LogP contribution in [-0.4, -0.2) is 37.8 Å². The van der Waals surface area contributed by atoms with Crippen molar-refractivity contribution < 1.29 is 17.7 Å². The lowest BCUT2D eigenvalue weighted by Gasteiger charge is -2.34. The molecule has 0 unspecified atom stereocenters.